The zero-order valence-corrected chi connectivity index (χ0v) is 14.9. The Balaban J connectivity index is 1.80. The van der Waals surface area contributed by atoms with Crippen LogP contribution in [0.1, 0.15) is 33.6 Å². The Morgan fingerprint density at radius 1 is 1.08 bits per heavy atom. The van der Waals surface area contributed by atoms with Gasteiger partial charge in [0.2, 0.25) is 0 Å². The van der Waals surface area contributed by atoms with E-state index in [4.69, 9.17) is 28.9 Å². The third-order valence-electron chi connectivity index (χ3n) is 3.82. The summed E-state index contributed by atoms with van der Waals surface area (Å²) in [6.07, 6.45) is 3.84. The van der Waals surface area contributed by atoms with Crippen molar-refractivity contribution in [2.24, 2.45) is 5.73 Å². The summed E-state index contributed by atoms with van der Waals surface area (Å²) in [4.78, 5) is 25.1. The van der Waals surface area contributed by atoms with Crippen LogP contribution in [0.5, 0.6) is 0 Å². The number of benzene rings is 1. The van der Waals surface area contributed by atoms with Crippen LogP contribution in [-0.4, -0.2) is 11.9 Å². The summed E-state index contributed by atoms with van der Waals surface area (Å²) in [6.45, 7) is 0. The minimum Gasteiger partial charge on any atom is -0.365 e. The van der Waals surface area contributed by atoms with Gasteiger partial charge in [0, 0.05) is 10.6 Å². The van der Waals surface area contributed by atoms with E-state index in [1.54, 1.807) is 18.2 Å². The quantitative estimate of drug-likeness (QED) is 0.718. The number of urea groups is 1. The number of nitrogens with two attached hydrogens (primary N) is 1. The molecule has 0 fully saturated rings. The van der Waals surface area contributed by atoms with Crippen LogP contribution in [0.15, 0.2) is 18.2 Å². The minimum absolute atomic E-state index is 0.346. The summed E-state index contributed by atoms with van der Waals surface area (Å²) in [6, 6.07) is 4.33. The van der Waals surface area contributed by atoms with Crippen molar-refractivity contribution in [1.29, 1.82) is 0 Å². The van der Waals surface area contributed by atoms with Gasteiger partial charge in [-0.2, -0.15) is 0 Å². The molecule has 126 valence electrons. The lowest BCUT2D eigenvalue weighted by Crippen LogP contribution is -2.22. The molecule has 0 unspecified atom stereocenters. The van der Waals surface area contributed by atoms with Crippen LogP contribution in [-0.2, 0) is 12.8 Å². The Morgan fingerprint density at radius 3 is 2.54 bits per heavy atom. The van der Waals surface area contributed by atoms with E-state index in [1.807, 2.05) is 0 Å². The van der Waals surface area contributed by atoms with Gasteiger partial charge in [-0.15, -0.1) is 11.3 Å². The predicted octanol–water partition coefficient (Wildman–Crippen LogP) is 4.68. The molecular weight excluding hydrogens is 369 g/mol. The van der Waals surface area contributed by atoms with E-state index in [1.165, 1.54) is 11.3 Å². The number of hydrogen-bond donors (Lipinski definition) is 3. The number of thiophene rings is 1. The minimum atomic E-state index is -0.515. The fraction of sp³-hybridized carbons (Fsp3) is 0.250. The SMILES string of the molecule is NC(=O)c1c(NC(=O)Nc2ccc(Cl)c(Cl)c2)sc2c1CCCC2. The van der Waals surface area contributed by atoms with Gasteiger partial charge in [-0.1, -0.05) is 23.2 Å². The lowest BCUT2D eigenvalue weighted by Gasteiger charge is -2.11. The molecule has 0 radical (unpaired) electrons. The molecule has 1 aromatic carbocycles. The molecule has 4 N–H and O–H groups in total. The third kappa shape index (κ3) is 3.50. The van der Waals surface area contributed by atoms with Crippen molar-refractivity contribution >= 4 is 57.2 Å². The van der Waals surface area contributed by atoms with Crippen LogP contribution in [0, 0.1) is 0 Å². The van der Waals surface area contributed by atoms with Gasteiger partial charge in [0.05, 0.1) is 15.6 Å². The Morgan fingerprint density at radius 2 is 1.83 bits per heavy atom. The van der Waals surface area contributed by atoms with Crippen molar-refractivity contribution in [3.8, 4) is 0 Å². The monoisotopic (exact) mass is 383 g/mol. The first kappa shape index (κ1) is 17.1. The molecule has 1 heterocycles. The van der Waals surface area contributed by atoms with Gasteiger partial charge in [0.1, 0.15) is 5.00 Å². The summed E-state index contributed by atoms with van der Waals surface area (Å²) >= 11 is 13.2. The molecule has 0 bridgehead atoms. The van der Waals surface area contributed by atoms with Gasteiger partial charge in [-0.3, -0.25) is 10.1 Å². The van der Waals surface area contributed by atoms with Crippen LogP contribution >= 0.6 is 34.5 Å². The Kier molecular flexibility index (Phi) is 4.99. The first-order valence-electron chi connectivity index (χ1n) is 7.43. The molecule has 0 atom stereocenters. The highest BCUT2D eigenvalue weighted by molar-refractivity contribution is 7.17. The second-order valence-electron chi connectivity index (χ2n) is 5.49. The second-order valence-corrected chi connectivity index (χ2v) is 7.41. The van der Waals surface area contributed by atoms with Gasteiger partial charge in [-0.25, -0.2) is 4.79 Å². The molecular formula is C16H15Cl2N3O2S. The van der Waals surface area contributed by atoms with Crippen molar-refractivity contribution in [1.82, 2.24) is 0 Å². The van der Waals surface area contributed by atoms with Crippen LogP contribution in [0.2, 0.25) is 10.0 Å². The molecule has 1 aliphatic carbocycles. The summed E-state index contributed by atoms with van der Waals surface area (Å²) in [5, 5.41) is 6.64. The number of primary amides is 1. The van der Waals surface area contributed by atoms with E-state index in [9.17, 15) is 9.59 Å². The van der Waals surface area contributed by atoms with Crippen molar-refractivity contribution in [2.45, 2.75) is 25.7 Å². The number of halogens is 2. The lowest BCUT2D eigenvalue weighted by atomic mass is 9.95. The van der Waals surface area contributed by atoms with Gasteiger partial charge in [-0.05, 0) is 49.4 Å². The van der Waals surface area contributed by atoms with E-state index in [2.05, 4.69) is 10.6 Å². The molecule has 5 nitrogen and oxygen atoms in total. The lowest BCUT2D eigenvalue weighted by molar-refractivity contribution is 0.100. The third-order valence-corrected chi connectivity index (χ3v) is 5.77. The molecule has 0 saturated carbocycles. The molecule has 8 heteroatoms. The van der Waals surface area contributed by atoms with Crippen LogP contribution in [0.25, 0.3) is 0 Å². The molecule has 2 aromatic rings. The fourth-order valence-electron chi connectivity index (χ4n) is 2.75. The highest BCUT2D eigenvalue weighted by Gasteiger charge is 2.24. The Bertz CT molecular complexity index is 820. The van der Waals surface area contributed by atoms with E-state index in [-0.39, 0.29) is 0 Å². The number of amides is 3. The number of carbonyl (C=O) groups is 2. The number of nitrogens with one attached hydrogen (secondary N) is 2. The molecule has 0 spiro atoms. The van der Waals surface area contributed by atoms with Crippen molar-refractivity contribution in [3.05, 3.63) is 44.2 Å². The number of rotatable bonds is 3. The first-order valence-corrected chi connectivity index (χ1v) is 9.00. The largest absolute Gasteiger partial charge is 0.365 e. The second kappa shape index (κ2) is 7.01. The zero-order valence-electron chi connectivity index (χ0n) is 12.6. The van der Waals surface area contributed by atoms with Crippen LogP contribution < -0.4 is 16.4 Å². The summed E-state index contributed by atoms with van der Waals surface area (Å²) < 4.78 is 0. The summed E-state index contributed by atoms with van der Waals surface area (Å²) in [5.41, 5.74) is 7.42. The highest BCUT2D eigenvalue weighted by atomic mass is 35.5. The van der Waals surface area contributed by atoms with Crippen LogP contribution in [0.4, 0.5) is 15.5 Å². The van der Waals surface area contributed by atoms with Gasteiger partial charge < -0.3 is 11.1 Å². The molecule has 0 saturated heterocycles. The average Bonchev–Trinajstić information content (AvgIpc) is 2.88. The summed E-state index contributed by atoms with van der Waals surface area (Å²) in [7, 11) is 0. The van der Waals surface area contributed by atoms with Gasteiger partial charge in [0.25, 0.3) is 5.91 Å². The van der Waals surface area contributed by atoms with E-state index in [0.717, 1.165) is 36.1 Å². The molecule has 0 aliphatic heterocycles. The average molecular weight is 384 g/mol. The molecule has 3 amide bonds. The first-order chi connectivity index (χ1) is 11.5. The Hall–Kier alpha value is -1.76. The fourth-order valence-corrected chi connectivity index (χ4v) is 4.34. The maximum atomic E-state index is 12.2. The molecule has 24 heavy (non-hydrogen) atoms. The maximum Gasteiger partial charge on any atom is 0.324 e. The Labute approximate surface area is 153 Å². The van der Waals surface area contributed by atoms with Gasteiger partial charge in [0.15, 0.2) is 0 Å². The highest BCUT2D eigenvalue weighted by Crippen LogP contribution is 2.38. The van der Waals surface area contributed by atoms with Gasteiger partial charge >= 0.3 is 6.03 Å². The van der Waals surface area contributed by atoms with E-state index < -0.39 is 11.9 Å². The number of aryl methyl sites for hydroxylation is 1. The standard InChI is InChI=1S/C16H15Cl2N3O2S/c17-10-6-5-8(7-11(10)18)20-16(23)21-15-13(14(19)22)9-3-1-2-4-12(9)24-15/h5-7H,1-4H2,(H2,19,22)(H2,20,21,23). The predicted molar refractivity (Wildman–Crippen MR) is 98.6 cm³/mol. The number of hydrogen-bond acceptors (Lipinski definition) is 3. The zero-order chi connectivity index (χ0) is 17.3. The van der Waals surface area contributed by atoms with E-state index >= 15 is 0 Å². The molecule has 1 aliphatic rings. The number of carbonyl (C=O) groups excluding carboxylic acids is 2. The van der Waals surface area contributed by atoms with Crippen molar-refractivity contribution in [3.63, 3.8) is 0 Å². The summed E-state index contributed by atoms with van der Waals surface area (Å²) in [5.74, 6) is -0.515. The normalized spacial score (nSPS) is 13.2. The maximum absolute atomic E-state index is 12.2. The topological polar surface area (TPSA) is 84.2 Å². The van der Waals surface area contributed by atoms with Crippen molar-refractivity contribution < 1.29 is 9.59 Å². The molecule has 1 aromatic heterocycles. The van der Waals surface area contributed by atoms with E-state index in [0.29, 0.717) is 26.3 Å². The smallest absolute Gasteiger partial charge is 0.324 e. The van der Waals surface area contributed by atoms with Crippen LogP contribution in [0.3, 0.4) is 0 Å². The van der Waals surface area contributed by atoms with Crippen molar-refractivity contribution in [2.75, 3.05) is 10.6 Å². The number of anilines is 2. The number of fused-ring (bicyclic) bond motifs is 1. The molecule has 3 rings (SSSR count).